The Morgan fingerprint density at radius 3 is 3.14 bits per heavy atom. The molecule has 2 aromatic heterocycles. The topological polar surface area (TPSA) is 68.5 Å². The Morgan fingerprint density at radius 1 is 1.36 bits per heavy atom. The van der Waals surface area contributed by atoms with E-state index in [1.807, 2.05) is 29.6 Å². The standard InChI is InChI=1S/C15H13N3O3S/c19-15(11-8-22-13-4-2-1-3-10(11)13)18-5-6-20-7-12(18)14-16-9-21-17-14/h1-4,8-9,12H,5-7H2/t12-/m1/s1. The van der Waals surface area contributed by atoms with Gasteiger partial charge >= 0.3 is 0 Å². The fourth-order valence-electron chi connectivity index (χ4n) is 2.68. The molecule has 1 aliphatic rings. The van der Waals surface area contributed by atoms with E-state index in [2.05, 4.69) is 10.1 Å². The van der Waals surface area contributed by atoms with Crippen LogP contribution in [0.25, 0.3) is 10.1 Å². The smallest absolute Gasteiger partial charge is 0.256 e. The highest BCUT2D eigenvalue weighted by atomic mass is 32.1. The second kappa shape index (κ2) is 5.51. The minimum Gasteiger partial charge on any atom is -0.377 e. The Hall–Kier alpha value is -2.25. The summed E-state index contributed by atoms with van der Waals surface area (Å²) < 4.78 is 11.4. The average Bonchev–Trinajstić information content (AvgIpc) is 3.24. The third-order valence-corrected chi connectivity index (χ3v) is 4.74. The van der Waals surface area contributed by atoms with Crippen molar-refractivity contribution in [1.82, 2.24) is 15.0 Å². The summed E-state index contributed by atoms with van der Waals surface area (Å²) in [5.41, 5.74) is 0.719. The second-order valence-electron chi connectivity index (χ2n) is 5.02. The van der Waals surface area contributed by atoms with Crippen LogP contribution in [-0.4, -0.2) is 40.7 Å². The van der Waals surface area contributed by atoms with Gasteiger partial charge < -0.3 is 14.2 Å². The average molecular weight is 315 g/mol. The summed E-state index contributed by atoms with van der Waals surface area (Å²) in [4.78, 5) is 18.8. The molecule has 4 rings (SSSR count). The van der Waals surface area contributed by atoms with E-state index in [0.29, 0.717) is 25.6 Å². The van der Waals surface area contributed by atoms with Crippen LogP contribution in [0.5, 0.6) is 0 Å². The Balaban J connectivity index is 1.71. The Bertz CT molecular complexity index is 799. The van der Waals surface area contributed by atoms with Gasteiger partial charge in [-0.25, -0.2) is 0 Å². The first-order valence-corrected chi connectivity index (χ1v) is 7.84. The number of aromatic nitrogens is 2. The van der Waals surface area contributed by atoms with Gasteiger partial charge in [-0.3, -0.25) is 4.79 Å². The maximum absolute atomic E-state index is 13.0. The number of carbonyl (C=O) groups is 1. The normalized spacial score (nSPS) is 18.7. The van der Waals surface area contributed by atoms with E-state index in [0.717, 1.165) is 15.6 Å². The van der Waals surface area contributed by atoms with Gasteiger partial charge in [-0.1, -0.05) is 23.4 Å². The van der Waals surface area contributed by atoms with Crippen molar-refractivity contribution < 1.29 is 14.1 Å². The molecule has 22 heavy (non-hydrogen) atoms. The quantitative estimate of drug-likeness (QED) is 0.727. The van der Waals surface area contributed by atoms with Crippen LogP contribution in [0, 0.1) is 0 Å². The largest absolute Gasteiger partial charge is 0.377 e. The van der Waals surface area contributed by atoms with Crippen LogP contribution in [0.4, 0.5) is 0 Å². The molecule has 0 radical (unpaired) electrons. The first kappa shape index (κ1) is 13.4. The Morgan fingerprint density at radius 2 is 2.27 bits per heavy atom. The van der Waals surface area contributed by atoms with Crippen molar-refractivity contribution in [2.24, 2.45) is 0 Å². The van der Waals surface area contributed by atoms with Gasteiger partial charge in [0, 0.05) is 22.0 Å². The zero-order valence-electron chi connectivity index (χ0n) is 11.6. The van der Waals surface area contributed by atoms with E-state index < -0.39 is 0 Å². The third-order valence-electron chi connectivity index (χ3n) is 3.78. The first-order valence-electron chi connectivity index (χ1n) is 6.96. The van der Waals surface area contributed by atoms with Gasteiger partial charge in [0.15, 0.2) is 5.82 Å². The van der Waals surface area contributed by atoms with Gasteiger partial charge in [0.2, 0.25) is 6.39 Å². The lowest BCUT2D eigenvalue weighted by molar-refractivity contribution is -0.00564. The third kappa shape index (κ3) is 2.18. The van der Waals surface area contributed by atoms with Crippen LogP contribution >= 0.6 is 11.3 Å². The van der Waals surface area contributed by atoms with Crippen molar-refractivity contribution in [3.05, 3.63) is 47.4 Å². The SMILES string of the molecule is O=C(c1csc2ccccc12)N1CCOC[C@@H]1c1ncon1. The number of morpholine rings is 1. The van der Waals surface area contributed by atoms with Crippen LogP contribution in [0.1, 0.15) is 22.2 Å². The van der Waals surface area contributed by atoms with Crippen molar-refractivity contribution in [1.29, 1.82) is 0 Å². The molecule has 1 fully saturated rings. The second-order valence-corrected chi connectivity index (χ2v) is 5.94. The van der Waals surface area contributed by atoms with E-state index in [1.54, 1.807) is 16.2 Å². The summed E-state index contributed by atoms with van der Waals surface area (Å²) in [5, 5.41) is 6.75. The zero-order chi connectivity index (χ0) is 14.9. The summed E-state index contributed by atoms with van der Waals surface area (Å²) in [6.45, 7) is 1.41. The number of benzene rings is 1. The van der Waals surface area contributed by atoms with Crippen molar-refractivity contribution in [3.8, 4) is 0 Å². The molecular formula is C15H13N3O3S. The van der Waals surface area contributed by atoms with Crippen LogP contribution in [-0.2, 0) is 4.74 Å². The van der Waals surface area contributed by atoms with Gasteiger partial charge in [0.05, 0.1) is 18.8 Å². The summed E-state index contributed by atoms with van der Waals surface area (Å²) in [6, 6.07) is 7.61. The van der Waals surface area contributed by atoms with Crippen molar-refractivity contribution in [2.75, 3.05) is 19.8 Å². The molecule has 0 N–H and O–H groups in total. The molecule has 1 saturated heterocycles. The van der Waals surface area contributed by atoms with Crippen molar-refractivity contribution >= 4 is 27.3 Å². The minimum atomic E-state index is -0.307. The lowest BCUT2D eigenvalue weighted by atomic mass is 10.1. The summed E-state index contributed by atoms with van der Waals surface area (Å²) in [6.07, 6.45) is 1.27. The fraction of sp³-hybridized carbons (Fsp3) is 0.267. The Labute approximate surface area is 130 Å². The van der Waals surface area contributed by atoms with Gasteiger partial charge in [0.1, 0.15) is 6.04 Å². The van der Waals surface area contributed by atoms with E-state index >= 15 is 0 Å². The number of amides is 1. The summed E-state index contributed by atoms with van der Waals surface area (Å²) in [7, 11) is 0. The molecule has 0 bridgehead atoms. The molecule has 1 aromatic carbocycles. The molecule has 7 heteroatoms. The van der Waals surface area contributed by atoms with Gasteiger partial charge in [-0.15, -0.1) is 11.3 Å². The molecule has 1 amide bonds. The Kier molecular flexibility index (Phi) is 3.36. The van der Waals surface area contributed by atoms with Gasteiger partial charge in [0.25, 0.3) is 5.91 Å². The van der Waals surface area contributed by atoms with E-state index in [-0.39, 0.29) is 11.9 Å². The molecule has 0 spiro atoms. The molecular weight excluding hydrogens is 302 g/mol. The minimum absolute atomic E-state index is 0.0180. The molecule has 1 aliphatic heterocycles. The number of nitrogens with zero attached hydrogens (tertiary/aromatic N) is 3. The van der Waals surface area contributed by atoms with Crippen LogP contribution < -0.4 is 0 Å². The number of carbonyl (C=O) groups excluding carboxylic acids is 1. The zero-order valence-corrected chi connectivity index (χ0v) is 12.5. The van der Waals surface area contributed by atoms with Crippen LogP contribution in [0.3, 0.4) is 0 Å². The predicted molar refractivity (Wildman–Crippen MR) is 80.7 cm³/mol. The summed E-state index contributed by atoms with van der Waals surface area (Å²) in [5.74, 6) is 0.461. The molecule has 0 unspecified atom stereocenters. The highest BCUT2D eigenvalue weighted by Crippen LogP contribution is 2.30. The lowest BCUT2D eigenvalue weighted by Gasteiger charge is -2.33. The lowest BCUT2D eigenvalue weighted by Crippen LogP contribution is -2.43. The fourth-order valence-corrected chi connectivity index (χ4v) is 3.62. The van der Waals surface area contributed by atoms with Crippen LogP contribution in [0.2, 0.25) is 0 Å². The summed E-state index contributed by atoms with van der Waals surface area (Å²) >= 11 is 1.58. The number of hydrogen-bond acceptors (Lipinski definition) is 6. The molecule has 0 saturated carbocycles. The first-order chi connectivity index (χ1) is 10.8. The molecule has 6 nitrogen and oxygen atoms in total. The monoisotopic (exact) mass is 315 g/mol. The van der Waals surface area contributed by atoms with E-state index in [9.17, 15) is 4.79 Å². The van der Waals surface area contributed by atoms with Gasteiger partial charge in [-0.2, -0.15) is 4.98 Å². The van der Waals surface area contributed by atoms with Crippen molar-refractivity contribution in [3.63, 3.8) is 0 Å². The maximum Gasteiger partial charge on any atom is 0.256 e. The van der Waals surface area contributed by atoms with E-state index in [1.165, 1.54) is 6.39 Å². The maximum atomic E-state index is 13.0. The van der Waals surface area contributed by atoms with Gasteiger partial charge in [-0.05, 0) is 6.07 Å². The number of hydrogen-bond donors (Lipinski definition) is 0. The highest BCUT2D eigenvalue weighted by molar-refractivity contribution is 7.17. The molecule has 0 aliphatic carbocycles. The molecule has 3 aromatic rings. The molecule has 1 atom stereocenters. The molecule has 112 valence electrons. The van der Waals surface area contributed by atoms with E-state index in [4.69, 9.17) is 9.26 Å². The highest BCUT2D eigenvalue weighted by Gasteiger charge is 2.33. The number of rotatable bonds is 2. The van der Waals surface area contributed by atoms with Crippen LogP contribution in [0.15, 0.2) is 40.6 Å². The van der Waals surface area contributed by atoms with Crippen molar-refractivity contribution in [2.45, 2.75) is 6.04 Å². The number of fused-ring (bicyclic) bond motifs is 1. The number of thiophene rings is 1. The number of ether oxygens (including phenoxy) is 1. The molecule has 3 heterocycles. The predicted octanol–water partition coefficient (Wildman–Crippen LogP) is 2.50.